The molecular formula is C20H22N2O2. The Morgan fingerprint density at radius 3 is 2.21 bits per heavy atom. The minimum absolute atomic E-state index is 0.00427. The van der Waals surface area contributed by atoms with Gasteiger partial charge in [0, 0.05) is 18.7 Å². The lowest BCUT2D eigenvalue weighted by atomic mass is 10.1. The number of carbonyl (C=O) groups excluding carboxylic acids is 2. The lowest BCUT2D eigenvalue weighted by Gasteiger charge is -2.27. The lowest BCUT2D eigenvalue weighted by molar-refractivity contribution is 0.0725. The van der Waals surface area contributed by atoms with Gasteiger partial charge in [-0.1, -0.05) is 30.3 Å². The number of rotatable bonds is 3. The zero-order chi connectivity index (χ0) is 16.9. The number of likely N-dealkylation sites (tertiary alicyclic amines) is 1. The van der Waals surface area contributed by atoms with Crippen molar-refractivity contribution in [1.29, 1.82) is 0 Å². The Kier molecular flexibility index (Phi) is 4.94. The summed E-state index contributed by atoms with van der Waals surface area (Å²) in [5.74, 6) is -0.192. The van der Waals surface area contributed by atoms with Crippen LogP contribution in [0.15, 0.2) is 48.5 Å². The van der Waals surface area contributed by atoms with E-state index in [1.807, 2.05) is 42.2 Å². The Balaban J connectivity index is 1.83. The number of nitrogens with one attached hydrogen (secondary N) is 1. The predicted octanol–water partition coefficient (Wildman–Crippen LogP) is 3.87. The third kappa shape index (κ3) is 3.48. The van der Waals surface area contributed by atoms with Gasteiger partial charge in [-0.3, -0.25) is 9.59 Å². The van der Waals surface area contributed by atoms with Gasteiger partial charge in [-0.05, 0) is 49.9 Å². The highest BCUT2D eigenvalue weighted by Gasteiger charge is 2.21. The number of para-hydroxylation sites is 1. The molecule has 1 N–H and O–H groups in total. The van der Waals surface area contributed by atoms with Crippen LogP contribution in [0, 0.1) is 6.92 Å². The average Bonchev–Trinajstić information content (AvgIpc) is 2.62. The summed E-state index contributed by atoms with van der Waals surface area (Å²) in [6, 6.07) is 14.7. The molecule has 2 amide bonds. The molecule has 124 valence electrons. The van der Waals surface area contributed by atoms with E-state index in [2.05, 4.69) is 5.32 Å². The number of hydrogen-bond acceptors (Lipinski definition) is 2. The Morgan fingerprint density at radius 2 is 1.50 bits per heavy atom. The predicted molar refractivity (Wildman–Crippen MR) is 95.3 cm³/mol. The van der Waals surface area contributed by atoms with Crippen LogP contribution in [0.25, 0.3) is 0 Å². The first-order chi connectivity index (χ1) is 11.7. The fraction of sp³-hybridized carbons (Fsp3) is 0.300. The molecule has 24 heavy (non-hydrogen) atoms. The summed E-state index contributed by atoms with van der Waals surface area (Å²) < 4.78 is 0. The van der Waals surface area contributed by atoms with Crippen LogP contribution in [0.2, 0.25) is 0 Å². The van der Waals surface area contributed by atoms with Gasteiger partial charge >= 0.3 is 0 Å². The number of hydrogen-bond donors (Lipinski definition) is 1. The van der Waals surface area contributed by atoms with Crippen LogP contribution < -0.4 is 5.32 Å². The van der Waals surface area contributed by atoms with Crippen molar-refractivity contribution < 1.29 is 9.59 Å². The summed E-state index contributed by atoms with van der Waals surface area (Å²) >= 11 is 0. The second kappa shape index (κ2) is 7.30. The van der Waals surface area contributed by atoms with Crippen molar-refractivity contribution in [2.45, 2.75) is 26.2 Å². The molecule has 0 atom stereocenters. The highest BCUT2D eigenvalue weighted by Crippen LogP contribution is 2.21. The van der Waals surface area contributed by atoms with Crippen molar-refractivity contribution in [2.24, 2.45) is 0 Å². The van der Waals surface area contributed by atoms with E-state index in [0.29, 0.717) is 16.8 Å². The highest BCUT2D eigenvalue weighted by atomic mass is 16.2. The zero-order valence-electron chi connectivity index (χ0n) is 13.9. The summed E-state index contributed by atoms with van der Waals surface area (Å²) in [5, 5.41) is 2.90. The maximum absolute atomic E-state index is 12.8. The monoisotopic (exact) mass is 322 g/mol. The summed E-state index contributed by atoms with van der Waals surface area (Å²) in [4.78, 5) is 27.2. The number of anilines is 1. The van der Waals surface area contributed by atoms with E-state index in [9.17, 15) is 9.59 Å². The molecule has 4 nitrogen and oxygen atoms in total. The molecule has 1 heterocycles. The number of nitrogens with zero attached hydrogens (tertiary/aromatic N) is 1. The Morgan fingerprint density at radius 1 is 0.875 bits per heavy atom. The van der Waals surface area contributed by atoms with E-state index < -0.39 is 0 Å². The second-order valence-corrected chi connectivity index (χ2v) is 6.17. The van der Waals surface area contributed by atoms with E-state index in [4.69, 9.17) is 0 Å². The van der Waals surface area contributed by atoms with Gasteiger partial charge in [0.2, 0.25) is 0 Å². The van der Waals surface area contributed by atoms with Gasteiger partial charge in [0.25, 0.3) is 11.8 Å². The van der Waals surface area contributed by atoms with E-state index in [1.165, 1.54) is 6.42 Å². The fourth-order valence-electron chi connectivity index (χ4n) is 3.06. The van der Waals surface area contributed by atoms with Gasteiger partial charge in [0.1, 0.15) is 0 Å². The first kappa shape index (κ1) is 16.2. The summed E-state index contributed by atoms with van der Waals surface area (Å²) in [6.07, 6.45) is 3.27. The summed E-state index contributed by atoms with van der Waals surface area (Å²) in [5.41, 5.74) is 2.66. The Bertz CT molecular complexity index is 749. The van der Waals surface area contributed by atoms with Crippen LogP contribution in [0.5, 0.6) is 0 Å². The van der Waals surface area contributed by atoms with Crippen molar-refractivity contribution in [2.75, 3.05) is 18.4 Å². The van der Waals surface area contributed by atoms with E-state index >= 15 is 0 Å². The van der Waals surface area contributed by atoms with Crippen molar-refractivity contribution in [3.63, 3.8) is 0 Å². The third-order valence-electron chi connectivity index (χ3n) is 4.44. The molecule has 1 aliphatic rings. The number of aryl methyl sites for hydroxylation is 1. The molecule has 4 heteroatoms. The maximum Gasteiger partial charge on any atom is 0.255 e. The average molecular weight is 322 g/mol. The lowest BCUT2D eigenvalue weighted by Crippen LogP contribution is -2.36. The molecule has 3 rings (SSSR count). The summed E-state index contributed by atoms with van der Waals surface area (Å²) in [7, 11) is 0. The standard InChI is InChI=1S/C20H22N2O2/c1-15-9-3-4-10-16(15)19(23)21-18-12-6-5-11-17(18)20(24)22-13-7-2-8-14-22/h3-6,9-12H,2,7-8,13-14H2,1H3,(H,21,23). The Labute approximate surface area is 142 Å². The molecule has 1 aliphatic heterocycles. The van der Waals surface area contributed by atoms with Gasteiger partial charge in [0.15, 0.2) is 0 Å². The molecular weight excluding hydrogens is 300 g/mol. The van der Waals surface area contributed by atoms with Crippen LogP contribution in [0.3, 0.4) is 0 Å². The molecule has 1 saturated heterocycles. The van der Waals surface area contributed by atoms with Crippen LogP contribution >= 0.6 is 0 Å². The molecule has 2 aromatic carbocycles. The van der Waals surface area contributed by atoms with Crippen LogP contribution in [0.4, 0.5) is 5.69 Å². The van der Waals surface area contributed by atoms with E-state index in [0.717, 1.165) is 31.5 Å². The van der Waals surface area contributed by atoms with Gasteiger partial charge in [-0.2, -0.15) is 0 Å². The molecule has 0 saturated carbocycles. The number of amides is 2. The molecule has 1 fully saturated rings. The Hall–Kier alpha value is -2.62. The molecule has 0 spiro atoms. The van der Waals surface area contributed by atoms with E-state index in [-0.39, 0.29) is 11.8 Å². The van der Waals surface area contributed by atoms with Gasteiger partial charge in [-0.25, -0.2) is 0 Å². The maximum atomic E-state index is 12.8. The van der Waals surface area contributed by atoms with Crippen molar-refractivity contribution in [1.82, 2.24) is 4.90 Å². The van der Waals surface area contributed by atoms with Crippen molar-refractivity contribution in [3.8, 4) is 0 Å². The minimum Gasteiger partial charge on any atom is -0.339 e. The second-order valence-electron chi connectivity index (χ2n) is 6.17. The quantitative estimate of drug-likeness (QED) is 0.932. The number of benzene rings is 2. The highest BCUT2D eigenvalue weighted by molar-refractivity contribution is 6.09. The van der Waals surface area contributed by atoms with Gasteiger partial charge in [0.05, 0.1) is 11.3 Å². The smallest absolute Gasteiger partial charge is 0.255 e. The molecule has 0 aromatic heterocycles. The third-order valence-corrected chi connectivity index (χ3v) is 4.44. The van der Waals surface area contributed by atoms with Crippen LogP contribution in [-0.2, 0) is 0 Å². The fourth-order valence-corrected chi connectivity index (χ4v) is 3.06. The topological polar surface area (TPSA) is 49.4 Å². The normalized spacial score (nSPS) is 14.3. The van der Waals surface area contributed by atoms with E-state index in [1.54, 1.807) is 18.2 Å². The molecule has 0 bridgehead atoms. The SMILES string of the molecule is Cc1ccccc1C(=O)Nc1ccccc1C(=O)N1CCCCC1. The van der Waals surface area contributed by atoms with Crippen LogP contribution in [0.1, 0.15) is 45.5 Å². The first-order valence-electron chi connectivity index (χ1n) is 8.42. The largest absolute Gasteiger partial charge is 0.339 e. The molecule has 0 unspecified atom stereocenters. The van der Waals surface area contributed by atoms with Gasteiger partial charge in [-0.15, -0.1) is 0 Å². The summed E-state index contributed by atoms with van der Waals surface area (Å²) in [6.45, 7) is 3.48. The van der Waals surface area contributed by atoms with Crippen molar-refractivity contribution >= 4 is 17.5 Å². The number of carbonyl (C=O) groups is 2. The molecule has 0 radical (unpaired) electrons. The number of piperidine rings is 1. The zero-order valence-corrected chi connectivity index (χ0v) is 13.9. The van der Waals surface area contributed by atoms with Crippen LogP contribution in [-0.4, -0.2) is 29.8 Å². The molecule has 2 aromatic rings. The molecule has 0 aliphatic carbocycles. The first-order valence-corrected chi connectivity index (χ1v) is 8.42. The van der Waals surface area contributed by atoms with Crippen molar-refractivity contribution in [3.05, 3.63) is 65.2 Å². The minimum atomic E-state index is -0.188. The van der Waals surface area contributed by atoms with Gasteiger partial charge < -0.3 is 10.2 Å².